The van der Waals surface area contributed by atoms with Crippen LogP contribution in [0.3, 0.4) is 0 Å². The molecule has 4 nitrogen and oxygen atoms in total. The molecule has 0 unspecified atom stereocenters. The number of rotatable bonds is 3. The van der Waals surface area contributed by atoms with Crippen LogP contribution in [0.1, 0.15) is 35.7 Å². The highest BCUT2D eigenvalue weighted by atomic mass is 16.5. The number of methoxy groups -OCH3 is 1. The Balaban J connectivity index is 2.27. The summed E-state index contributed by atoms with van der Waals surface area (Å²) in [6, 6.07) is 14.5. The molecule has 4 heteroatoms. The summed E-state index contributed by atoms with van der Waals surface area (Å²) in [6.45, 7) is 4.17. The zero-order chi connectivity index (χ0) is 17.3. The monoisotopic (exact) mass is 321 g/mol. The molecule has 0 fully saturated rings. The second-order valence-corrected chi connectivity index (χ2v) is 6.00. The molecule has 0 amide bonds. The Morgan fingerprint density at radius 3 is 2.58 bits per heavy atom. The van der Waals surface area contributed by atoms with Gasteiger partial charge in [-0.05, 0) is 35.7 Å². The SMILES string of the molecule is COC(=O)c1cc(-c2cc(C(C)C)ccc2O)nc2ccccc12. The van der Waals surface area contributed by atoms with Gasteiger partial charge in [-0.3, -0.25) is 0 Å². The van der Waals surface area contributed by atoms with Crippen molar-refractivity contribution in [3.8, 4) is 17.0 Å². The van der Waals surface area contributed by atoms with E-state index < -0.39 is 5.97 Å². The smallest absolute Gasteiger partial charge is 0.338 e. The van der Waals surface area contributed by atoms with E-state index in [2.05, 4.69) is 18.8 Å². The first-order valence-corrected chi connectivity index (χ1v) is 7.82. The van der Waals surface area contributed by atoms with Crippen molar-refractivity contribution in [1.29, 1.82) is 0 Å². The second-order valence-electron chi connectivity index (χ2n) is 6.00. The van der Waals surface area contributed by atoms with Gasteiger partial charge in [-0.1, -0.05) is 38.1 Å². The minimum absolute atomic E-state index is 0.137. The van der Waals surface area contributed by atoms with Crippen LogP contribution in [0.5, 0.6) is 5.75 Å². The molecule has 3 rings (SSSR count). The van der Waals surface area contributed by atoms with Crippen LogP contribution in [0.4, 0.5) is 0 Å². The molecule has 0 atom stereocenters. The number of carbonyl (C=O) groups is 1. The van der Waals surface area contributed by atoms with E-state index in [4.69, 9.17) is 4.74 Å². The van der Waals surface area contributed by atoms with Gasteiger partial charge in [-0.15, -0.1) is 0 Å². The summed E-state index contributed by atoms with van der Waals surface area (Å²) in [5.41, 5.74) is 3.38. The average Bonchev–Trinajstić information content (AvgIpc) is 2.60. The van der Waals surface area contributed by atoms with Crippen molar-refractivity contribution in [2.24, 2.45) is 0 Å². The first-order chi connectivity index (χ1) is 11.5. The fourth-order valence-corrected chi connectivity index (χ4v) is 2.71. The van der Waals surface area contributed by atoms with Gasteiger partial charge < -0.3 is 9.84 Å². The molecule has 1 heterocycles. The number of aromatic nitrogens is 1. The lowest BCUT2D eigenvalue weighted by atomic mass is 9.97. The predicted octanol–water partition coefficient (Wildman–Crippen LogP) is 4.52. The van der Waals surface area contributed by atoms with Crippen molar-refractivity contribution in [3.05, 3.63) is 59.7 Å². The normalized spacial score (nSPS) is 11.0. The summed E-state index contributed by atoms with van der Waals surface area (Å²) < 4.78 is 4.90. The van der Waals surface area contributed by atoms with E-state index in [1.807, 2.05) is 36.4 Å². The second kappa shape index (κ2) is 6.32. The molecule has 3 aromatic rings. The van der Waals surface area contributed by atoms with E-state index in [9.17, 15) is 9.90 Å². The van der Waals surface area contributed by atoms with E-state index in [1.54, 1.807) is 12.1 Å². The Morgan fingerprint density at radius 2 is 1.88 bits per heavy atom. The van der Waals surface area contributed by atoms with Crippen LogP contribution in [0.2, 0.25) is 0 Å². The van der Waals surface area contributed by atoms with Crippen molar-refractivity contribution >= 4 is 16.9 Å². The lowest BCUT2D eigenvalue weighted by Crippen LogP contribution is -2.04. The number of benzene rings is 2. The van der Waals surface area contributed by atoms with Crippen molar-refractivity contribution in [3.63, 3.8) is 0 Å². The third-order valence-corrected chi connectivity index (χ3v) is 4.08. The number of nitrogens with zero attached hydrogens (tertiary/aromatic N) is 1. The van der Waals surface area contributed by atoms with Gasteiger partial charge in [0.05, 0.1) is 23.9 Å². The van der Waals surface area contributed by atoms with Gasteiger partial charge in [0.15, 0.2) is 0 Å². The zero-order valence-corrected chi connectivity index (χ0v) is 13.9. The number of phenols is 1. The Kier molecular flexibility index (Phi) is 4.21. The van der Waals surface area contributed by atoms with Crippen molar-refractivity contribution in [2.45, 2.75) is 19.8 Å². The van der Waals surface area contributed by atoms with E-state index in [1.165, 1.54) is 7.11 Å². The standard InChI is InChI=1S/C20H19NO3/c1-12(2)13-8-9-19(22)16(10-13)18-11-15(20(23)24-3)14-6-4-5-7-17(14)21-18/h4-12,22H,1-3H3. The molecular formula is C20H19NO3. The van der Waals surface area contributed by atoms with Gasteiger partial charge in [0.2, 0.25) is 0 Å². The Hall–Kier alpha value is -2.88. The molecule has 0 radical (unpaired) electrons. The summed E-state index contributed by atoms with van der Waals surface area (Å²) in [7, 11) is 1.36. The molecule has 0 aliphatic rings. The summed E-state index contributed by atoms with van der Waals surface area (Å²) in [4.78, 5) is 16.8. The van der Waals surface area contributed by atoms with Crippen LogP contribution in [0, 0.1) is 0 Å². The van der Waals surface area contributed by atoms with Gasteiger partial charge in [0, 0.05) is 10.9 Å². The molecule has 1 aromatic heterocycles. The summed E-state index contributed by atoms with van der Waals surface area (Å²) in [5, 5.41) is 11.0. The summed E-state index contributed by atoms with van der Waals surface area (Å²) in [6.07, 6.45) is 0. The molecule has 0 aliphatic carbocycles. The molecule has 24 heavy (non-hydrogen) atoms. The maximum absolute atomic E-state index is 12.2. The first-order valence-electron chi connectivity index (χ1n) is 7.82. The van der Waals surface area contributed by atoms with Crippen LogP contribution in [-0.4, -0.2) is 23.2 Å². The van der Waals surface area contributed by atoms with Crippen LogP contribution in [0.15, 0.2) is 48.5 Å². The largest absolute Gasteiger partial charge is 0.507 e. The van der Waals surface area contributed by atoms with Gasteiger partial charge in [0.25, 0.3) is 0 Å². The molecule has 122 valence electrons. The van der Waals surface area contributed by atoms with Crippen LogP contribution in [-0.2, 0) is 4.74 Å². The third kappa shape index (κ3) is 2.83. The van der Waals surface area contributed by atoms with E-state index >= 15 is 0 Å². The number of hydrogen-bond acceptors (Lipinski definition) is 4. The van der Waals surface area contributed by atoms with E-state index in [-0.39, 0.29) is 5.75 Å². The minimum Gasteiger partial charge on any atom is -0.507 e. The van der Waals surface area contributed by atoms with Crippen molar-refractivity contribution < 1.29 is 14.6 Å². The highest BCUT2D eigenvalue weighted by molar-refractivity contribution is 6.04. The summed E-state index contributed by atoms with van der Waals surface area (Å²) >= 11 is 0. The number of hydrogen-bond donors (Lipinski definition) is 1. The van der Waals surface area contributed by atoms with Crippen LogP contribution in [0.25, 0.3) is 22.2 Å². The Morgan fingerprint density at radius 1 is 1.12 bits per heavy atom. The van der Waals surface area contributed by atoms with Crippen LogP contribution >= 0.6 is 0 Å². The van der Waals surface area contributed by atoms with Crippen LogP contribution < -0.4 is 0 Å². The topological polar surface area (TPSA) is 59.4 Å². The molecule has 1 N–H and O–H groups in total. The number of para-hydroxylation sites is 1. The first kappa shape index (κ1) is 16.0. The molecule has 2 aromatic carbocycles. The molecule has 0 aliphatic heterocycles. The highest BCUT2D eigenvalue weighted by Gasteiger charge is 2.16. The number of phenolic OH excluding ortho intramolecular Hbond substituents is 1. The zero-order valence-electron chi connectivity index (χ0n) is 13.9. The van der Waals surface area contributed by atoms with E-state index in [0.717, 1.165) is 10.9 Å². The highest BCUT2D eigenvalue weighted by Crippen LogP contribution is 2.33. The minimum atomic E-state index is -0.422. The molecule has 0 bridgehead atoms. The number of aromatic hydroxyl groups is 1. The quantitative estimate of drug-likeness (QED) is 0.721. The van der Waals surface area contributed by atoms with Gasteiger partial charge in [-0.2, -0.15) is 0 Å². The average molecular weight is 321 g/mol. The van der Waals surface area contributed by atoms with Gasteiger partial charge in [0.1, 0.15) is 5.75 Å². The van der Waals surface area contributed by atoms with Crippen molar-refractivity contribution in [1.82, 2.24) is 4.98 Å². The predicted molar refractivity (Wildman–Crippen MR) is 94.3 cm³/mol. The number of carbonyl (C=O) groups excluding carboxylic acids is 1. The van der Waals surface area contributed by atoms with Crippen molar-refractivity contribution in [2.75, 3.05) is 7.11 Å². The number of ether oxygens (including phenoxy) is 1. The molecular weight excluding hydrogens is 302 g/mol. The summed E-state index contributed by atoms with van der Waals surface area (Å²) in [5.74, 6) is 0.0391. The van der Waals surface area contributed by atoms with Gasteiger partial charge in [-0.25, -0.2) is 9.78 Å². The lowest BCUT2D eigenvalue weighted by Gasteiger charge is -2.12. The number of fused-ring (bicyclic) bond motifs is 1. The van der Waals surface area contributed by atoms with E-state index in [0.29, 0.717) is 28.3 Å². The number of pyridine rings is 1. The maximum atomic E-state index is 12.2. The molecule has 0 saturated carbocycles. The lowest BCUT2D eigenvalue weighted by molar-refractivity contribution is 0.0603. The Bertz CT molecular complexity index is 916. The third-order valence-electron chi connectivity index (χ3n) is 4.08. The fourth-order valence-electron chi connectivity index (χ4n) is 2.71. The maximum Gasteiger partial charge on any atom is 0.338 e. The Labute approximate surface area is 140 Å². The molecule has 0 spiro atoms. The fraction of sp³-hybridized carbons (Fsp3) is 0.200. The van der Waals surface area contributed by atoms with Gasteiger partial charge >= 0.3 is 5.97 Å². The molecule has 0 saturated heterocycles. The number of esters is 1.